The molecule has 1 N–H and O–H groups in total. The van der Waals surface area contributed by atoms with E-state index in [2.05, 4.69) is 38.9 Å². The molecule has 12 heteroatoms. The number of aromatic nitrogens is 3. The number of hydrogen-bond donors (Lipinski definition) is 1. The van der Waals surface area contributed by atoms with Crippen molar-refractivity contribution in [3.63, 3.8) is 0 Å². The minimum atomic E-state index is -0.847. The molecule has 0 aliphatic carbocycles. The molecule has 200 valence electrons. The van der Waals surface area contributed by atoms with Crippen molar-refractivity contribution < 1.29 is 23.6 Å². The van der Waals surface area contributed by atoms with Gasteiger partial charge in [-0.3, -0.25) is 4.79 Å². The van der Waals surface area contributed by atoms with Crippen molar-refractivity contribution in [2.75, 3.05) is 20.2 Å². The van der Waals surface area contributed by atoms with Crippen LogP contribution in [0.5, 0.6) is 5.75 Å². The van der Waals surface area contributed by atoms with Crippen molar-refractivity contribution >= 4 is 46.0 Å². The molecular formula is C26H28ClN5O5S. The number of rotatable bonds is 7. The van der Waals surface area contributed by atoms with E-state index in [9.17, 15) is 9.59 Å². The summed E-state index contributed by atoms with van der Waals surface area (Å²) in [7, 11) is 1.23. The summed E-state index contributed by atoms with van der Waals surface area (Å²) in [6.07, 6.45) is 2.34. The maximum absolute atomic E-state index is 13.5. The fourth-order valence-electron chi connectivity index (χ4n) is 4.60. The van der Waals surface area contributed by atoms with Gasteiger partial charge in [-0.15, -0.1) is 11.3 Å². The molecule has 0 unspecified atom stereocenters. The Morgan fingerprint density at radius 3 is 2.71 bits per heavy atom. The Morgan fingerprint density at radius 2 is 2.03 bits per heavy atom. The van der Waals surface area contributed by atoms with Gasteiger partial charge in [0.1, 0.15) is 17.0 Å². The van der Waals surface area contributed by atoms with Crippen molar-refractivity contribution in [3.05, 3.63) is 52.3 Å². The van der Waals surface area contributed by atoms with Crippen LogP contribution in [0, 0.1) is 0 Å². The Kier molecular flexibility index (Phi) is 7.68. The van der Waals surface area contributed by atoms with Crippen LogP contribution in [0.15, 0.2) is 41.1 Å². The third-order valence-electron chi connectivity index (χ3n) is 6.60. The lowest BCUT2D eigenvalue weighted by atomic mass is 10.0. The number of piperidine rings is 1. The maximum Gasteiger partial charge on any atom is 0.513 e. The van der Waals surface area contributed by atoms with Crippen LogP contribution in [0.25, 0.3) is 21.7 Å². The lowest BCUT2D eigenvalue weighted by Gasteiger charge is -2.34. The molecule has 38 heavy (non-hydrogen) atoms. The van der Waals surface area contributed by atoms with E-state index < -0.39 is 6.16 Å². The number of thiophene rings is 1. The van der Waals surface area contributed by atoms with Gasteiger partial charge in [0.2, 0.25) is 0 Å². The van der Waals surface area contributed by atoms with Gasteiger partial charge in [-0.2, -0.15) is 0 Å². The molecule has 4 aromatic rings. The van der Waals surface area contributed by atoms with Crippen molar-refractivity contribution in [1.82, 2.24) is 24.9 Å². The molecule has 4 aromatic heterocycles. The number of carbonyl (C=O) groups is 2. The SMILES string of the molecule is COC(=O)Oc1cnc2c(c1)cc(C(=O)NC1CCN(C(C)C)CC1)n2Cc1cc(-c2ccc(Cl)s2)on1. The summed E-state index contributed by atoms with van der Waals surface area (Å²) < 4.78 is 17.7. The molecule has 0 spiro atoms. The van der Waals surface area contributed by atoms with E-state index in [0.717, 1.165) is 30.8 Å². The molecule has 1 aliphatic rings. The van der Waals surface area contributed by atoms with E-state index in [1.165, 1.54) is 24.6 Å². The Balaban J connectivity index is 1.43. The molecule has 0 radical (unpaired) electrons. The minimum absolute atomic E-state index is 0.0809. The lowest BCUT2D eigenvalue weighted by Crippen LogP contribution is -2.46. The molecule has 1 aliphatic heterocycles. The molecular weight excluding hydrogens is 530 g/mol. The quantitative estimate of drug-likeness (QED) is 0.308. The number of ether oxygens (including phenoxy) is 2. The Bertz CT molecular complexity index is 1450. The molecule has 10 nitrogen and oxygen atoms in total. The van der Waals surface area contributed by atoms with Crippen LogP contribution in [0.4, 0.5) is 4.79 Å². The van der Waals surface area contributed by atoms with Crippen LogP contribution in [-0.2, 0) is 11.3 Å². The molecule has 1 saturated heterocycles. The van der Waals surface area contributed by atoms with Crippen LogP contribution < -0.4 is 10.1 Å². The molecule has 5 rings (SSSR count). The Labute approximate surface area is 228 Å². The average Bonchev–Trinajstić information content (AvgIpc) is 3.63. The third-order valence-corrected chi connectivity index (χ3v) is 7.85. The first-order valence-electron chi connectivity index (χ1n) is 12.3. The van der Waals surface area contributed by atoms with Crippen LogP contribution in [0.1, 0.15) is 42.9 Å². The summed E-state index contributed by atoms with van der Waals surface area (Å²) in [6, 6.07) is 9.45. The highest BCUT2D eigenvalue weighted by molar-refractivity contribution is 7.19. The molecule has 0 bridgehead atoms. The number of fused-ring (bicyclic) bond motifs is 1. The number of hydrogen-bond acceptors (Lipinski definition) is 9. The summed E-state index contributed by atoms with van der Waals surface area (Å²) in [6.45, 7) is 6.51. The van der Waals surface area contributed by atoms with Crippen LogP contribution in [-0.4, -0.2) is 64.0 Å². The van der Waals surface area contributed by atoms with E-state index in [0.29, 0.717) is 38.6 Å². The number of pyridine rings is 1. The standard InChI is InChI=1S/C26H28ClN5O5S/c1-15(2)31-8-6-17(7-9-31)29-25(33)20-11-16-10-19(36-26(34)35-3)13-28-24(16)32(20)14-18-12-21(37-30-18)22-4-5-23(27)38-22/h4-5,10-13,15,17H,6-9,14H2,1-3H3,(H,29,33). The number of likely N-dealkylation sites (tertiary alicyclic amines) is 1. The number of carbonyl (C=O) groups excluding carboxylic acids is 2. The maximum atomic E-state index is 13.5. The van der Waals surface area contributed by atoms with Crippen LogP contribution in [0.3, 0.4) is 0 Å². The Morgan fingerprint density at radius 1 is 1.24 bits per heavy atom. The van der Waals surface area contributed by atoms with E-state index in [1.54, 1.807) is 22.8 Å². The highest BCUT2D eigenvalue weighted by Gasteiger charge is 2.25. The average molecular weight is 558 g/mol. The largest absolute Gasteiger partial charge is 0.513 e. The molecule has 0 aromatic carbocycles. The van der Waals surface area contributed by atoms with Crippen LogP contribution in [0.2, 0.25) is 4.34 Å². The van der Waals surface area contributed by atoms with E-state index in [4.69, 9.17) is 20.9 Å². The fourth-order valence-corrected chi connectivity index (χ4v) is 5.59. The summed E-state index contributed by atoms with van der Waals surface area (Å²) in [4.78, 5) is 32.8. The zero-order valence-corrected chi connectivity index (χ0v) is 22.8. The second-order valence-electron chi connectivity index (χ2n) is 9.42. The summed E-state index contributed by atoms with van der Waals surface area (Å²) in [5, 5.41) is 8.04. The first kappa shape index (κ1) is 26.2. The first-order valence-corrected chi connectivity index (χ1v) is 13.5. The van der Waals surface area contributed by atoms with E-state index >= 15 is 0 Å². The number of amides is 1. The van der Waals surface area contributed by atoms with E-state index in [1.807, 2.05) is 12.1 Å². The molecule has 0 atom stereocenters. The van der Waals surface area contributed by atoms with E-state index in [-0.39, 0.29) is 24.2 Å². The number of nitrogens with zero attached hydrogens (tertiary/aromatic N) is 4. The second kappa shape index (κ2) is 11.1. The number of nitrogens with one attached hydrogen (secondary N) is 1. The molecule has 5 heterocycles. The predicted molar refractivity (Wildman–Crippen MR) is 144 cm³/mol. The van der Waals surface area contributed by atoms with Gasteiger partial charge < -0.3 is 28.8 Å². The van der Waals surface area contributed by atoms with Gasteiger partial charge in [-0.25, -0.2) is 9.78 Å². The molecule has 1 fully saturated rings. The van der Waals surface area contributed by atoms with Crippen molar-refractivity contribution in [2.24, 2.45) is 0 Å². The highest BCUT2D eigenvalue weighted by Crippen LogP contribution is 2.32. The highest BCUT2D eigenvalue weighted by atomic mass is 35.5. The topological polar surface area (TPSA) is 112 Å². The third kappa shape index (κ3) is 5.69. The van der Waals surface area contributed by atoms with Crippen molar-refractivity contribution in [2.45, 2.75) is 45.3 Å². The zero-order chi connectivity index (χ0) is 26.8. The minimum Gasteiger partial charge on any atom is -0.437 e. The monoisotopic (exact) mass is 557 g/mol. The second-order valence-corrected chi connectivity index (χ2v) is 11.1. The normalized spacial score (nSPS) is 14.8. The summed E-state index contributed by atoms with van der Waals surface area (Å²) in [5.74, 6) is 0.612. The summed E-state index contributed by atoms with van der Waals surface area (Å²) in [5.41, 5.74) is 1.60. The zero-order valence-electron chi connectivity index (χ0n) is 21.3. The van der Waals surface area contributed by atoms with Gasteiger partial charge in [0.15, 0.2) is 11.5 Å². The van der Waals surface area contributed by atoms with Crippen LogP contribution >= 0.6 is 22.9 Å². The Hall–Kier alpha value is -3.41. The summed E-state index contributed by atoms with van der Waals surface area (Å²) >= 11 is 7.46. The fraction of sp³-hybridized carbons (Fsp3) is 0.385. The van der Waals surface area contributed by atoms with Gasteiger partial charge in [-0.1, -0.05) is 16.8 Å². The van der Waals surface area contributed by atoms with Gasteiger partial charge in [-0.05, 0) is 51.0 Å². The van der Waals surface area contributed by atoms with Gasteiger partial charge in [0, 0.05) is 36.6 Å². The number of methoxy groups -OCH3 is 1. The van der Waals surface area contributed by atoms with Gasteiger partial charge in [0.05, 0.1) is 29.1 Å². The lowest BCUT2D eigenvalue weighted by molar-refractivity contribution is 0.0892. The van der Waals surface area contributed by atoms with Gasteiger partial charge in [0.25, 0.3) is 5.91 Å². The molecule has 1 amide bonds. The van der Waals surface area contributed by atoms with Crippen molar-refractivity contribution in [3.8, 4) is 16.4 Å². The molecule has 0 saturated carbocycles. The first-order chi connectivity index (χ1) is 18.3. The number of halogens is 1. The smallest absolute Gasteiger partial charge is 0.437 e. The predicted octanol–water partition coefficient (Wildman–Crippen LogP) is 5.20. The van der Waals surface area contributed by atoms with Gasteiger partial charge >= 0.3 is 6.16 Å². The van der Waals surface area contributed by atoms with Crippen molar-refractivity contribution in [1.29, 1.82) is 0 Å².